The fraction of sp³-hybridized carbons (Fsp3) is 0.300. The molecule has 1 atom stereocenters. The van der Waals surface area contributed by atoms with Crippen molar-refractivity contribution in [3.05, 3.63) is 64.2 Å². The monoisotopic (exact) mass is 389 g/mol. The molecule has 1 heterocycles. The first-order valence-corrected chi connectivity index (χ1v) is 8.90. The molecule has 27 heavy (non-hydrogen) atoms. The van der Waals surface area contributed by atoms with E-state index in [0.29, 0.717) is 53.5 Å². The predicted octanol–water partition coefficient (Wildman–Crippen LogP) is 3.37. The van der Waals surface area contributed by atoms with E-state index < -0.39 is 11.9 Å². The van der Waals surface area contributed by atoms with Gasteiger partial charge in [-0.25, -0.2) is 4.79 Å². The van der Waals surface area contributed by atoms with Crippen molar-refractivity contribution < 1.29 is 23.8 Å². The summed E-state index contributed by atoms with van der Waals surface area (Å²) in [6.45, 7) is 3.91. The molecule has 1 aliphatic carbocycles. The second-order valence-electron chi connectivity index (χ2n) is 6.21. The van der Waals surface area contributed by atoms with Gasteiger partial charge in [-0.3, -0.25) is 4.79 Å². The third kappa shape index (κ3) is 3.57. The van der Waals surface area contributed by atoms with Gasteiger partial charge in [0.1, 0.15) is 23.7 Å². The number of esters is 1. The molecule has 1 aromatic carbocycles. The SMILES string of the molecule is C=CCOc1ccc([C@H]2C(C(=O)OC)=C(N)OC3=C2C(=O)CCC3)cc1Cl. The summed E-state index contributed by atoms with van der Waals surface area (Å²) in [7, 11) is 1.26. The maximum Gasteiger partial charge on any atom is 0.340 e. The normalized spacial score (nSPS) is 19.3. The van der Waals surface area contributed by atoms with Gasteiger partial charge in [-0.15, -0.1) is 0 Å². The Morgan fingerprint density at radius 2 is 2.22 bits per heavy atom. The summed E-state index contributed by atoms with van der Waals surface area (Å²) in [5, 5.41) is 0.356. The van der Waals surface area contributed by atoms with Crippen molar-refractivity contribution in [2.45, 2.75) is 25.2 Å². The molecule has 2 aliphatic rings. The summed E-state index contributed by atoms with van der Waals surface area (Å²) in [6, 6.07) is 5.11. The van der Waals surface area contributed by atoms with Crippen LogP contribution in [-0.4, -0.2) is 25.5 Å². The lowest BCUT2D eigenvalue weighted by atomic mass is 9.77. The van der Waals surface area contributed by atoms with Gasteiger partial charge in [0, 0.05) is 18.4 Å². The summed E-state index contributed by atoms with van der Waals surface area (Å²) >= 11 is 6.34. The molecule has 0 fully saturated rings. The Hall–Kier alpha value is -2.73. The minimum Gasteiger partial charge on any atom is -0.488 e. The molecule has 1 aromatic rings. The van der Waals surface area contributed by atoms with Crippen LogP contribution in [0.1, 0.15) is 30.7 Å². The molecule has 0 saturated carbocycles. The maximum atomic E-state index is 12.6. The summed E-state index contributed by atoms with van der Waals surface area (Å²) < 4.78 is 16.0. The molecule has 0 radical (unpaired) electrons. The number of halogens is 1. The van der Waals surface area contributed by atoms with Crippen LogP contribution in [0.2, 0.25) is 5.02 Å². The van der Waals surface area contributed by atoms with Gasteiger partial charge in [0.25, 0.3) is 0 Å². The highest BCUT2D eigenvalue weighted by Crippen LogP contribution is 2.45. The van der Waals surface area contributed by atoms with Crippen LogP contribution >= 0.6 is 11.6 Å². The molecule has 0 spiro atoms. The zero-order valence-electron chi connectivity index (χ0n) is 14.9. The Kier molecular flexibility index (Phi) is 5.56. The highest BCUT2D eigenvalue weighted by molar-refractivity contribution is 6.32. The van der Waals surface area contributed by atoms with Crippen molar-refractivity contribution in [1.29, 1.82) is 0 Å². The summed E-state index contributed by atoms with van der Waals surface area (Å²) in [5.41, 5.74) is 7.19. The van der Waals surface area contributed by atoms with Crippen molar-refractivity contribution in [2.24, 2.45) is 5.73 Å². The van der Waals surface area contributed by atoms with E-state index >= 15 is 0 Å². The second kappa shape index (κ2) is 7.88. The third-order valence-corrected chi connectivity index (χ3v) is 4.83. The van der Waals surface area contributed by atoms with E-state index in [-0.39, 0.29) is 17.2 Å². The van der Waals surface area contributed by atoms with E-state index in [4.69, 9.17) is 31.5 Å². The molecule has 0 bridgehead atoms. The van der Waals surface area contributed by atoms with E-state index in [1.807, 2.05) is 0 Å². The van der Waals surface area contributed by atoms with E-state index in [0.717, 1.165) is 0 Å². The minimum absolute atomic E-state index is 0.0524. The van der Waals surface area contributed by atoms with Gasteiger partial charge in [0.2, 0.25) is 5.88 Å². The van der Waals surface area contributed by atoms with Crippen molar-refractivity contribution in [3.63, 3.8) is 0 Å². The van der Waals surface area contributed by atoms with Crippen molar-refractivity contribution in [3.8, 4) is 5.75 Å². The minimum atomic E-state index is -0.694. The number of methoxy groups -OCH3 is 1. The summed E-state index contributed by atoms with van der Waals surface area (Å²) in [4.78, 5) is 25.0. The van der Waals surface area contributed by atoms with Crippen LogP contribution in [0.3, 0.4) is 0 Å². The first-order valence-electron chi connectivity index (χ1n) is 8.53. The molecule has 0 amide bonds. The molecule has 142 valence electrons. The van der Waals surface area contributed by atoms with Gasteiger partial charge in [-0.1, -0.05) is 30.3 Å². The number of carbonyl (C=O) groups is 2. The van der Waals surface area contributed by atoms with Crippen molar-refractivity contribution in [2.75, 3.05) is 13.7 Å². The van der Waals surface area contributed by atoms with Crippen LogP contribution in [0.25, 0.3) is 0 Å². The zero-order chi connectivity index (χ0) is 19.6. The Labute approximate surface area is 162 Å². The average molecular weight is 390 g/mol. The number of ether oxygens (including phenoxy) is 3. The van der Waals surface area contributed by atoms with Crippen molar-refractivity contribution in [1.82, 2.24) is 0 Å². The molecule has 7 heteroatoms. The number of hydrogen-bond acceptors (Lipinski definition) is 6. The van der Waals surface area contributed by atoms with E-state index in [1.54, 1.807) is 24.3 Å². The van der Waals surface area contributed by atoms with E-state index in [2.05, 4.69) is 6.58 Å². The fourth-order valence-electron chi connectivity index (χ4n) is 3.36. The Bertz CT molecular complexity index is 871. The van der Waals surface area contributed by atoms with Gasteiger partial charge in [-0.05, 0) is 24.1 Å². The fourth-order valence-corrected chi connectivity index (χ4v) is 3.60. The number of carbonyl (C=O) groups excluding carboxylic acids is 2. The van der Waals surface area contributed by atoms with Crippen LogP contribution in [0.15, 0.2) is 53.6 Å². The lowest BCUT2D eigenvalue weighted by Gasteiger charge is -2.32. The molecule has 0 aromatic heterocycles. The van der Waals surface area contributed by atoms with Crippen LogP contribution in [0, 0.1) is 0 Å². The highest BCUT2D eigenvalue weighted by atomic mass is 35.5. The Balaban J connectivity index is 2.12. The number of nitrogens with two attached hydrogens (primary N) is 1. The zero-order valence-corrected chi connectivity index (χ0v) is 15.7. The number of benzene rings is 1. The van der Waals surface area contributed by atoms with E-state index in [9.17, 15) is 9.59 Å². The largest absolute Gasteiger partial charge is 0.488 e. The Morgan fingerprint density at radius 1 is 1.44 bits per heavy atom. The molecule has 2 N–H and O–H groups in total. The smallest absolute Gasteiger partial charge is 0.340 e. The summed E-state index contributed by atoms with van der Waals surface area (Å²) in [5.74, 6) is -0.482. The maximum absolute atomic E-state index is 12.6. The number of allylic oxidation sites excluding steroid dienone is 2. The average Bonchev–Trinajstić information content (AvgIpc) is 2.65. The first kappa shape index (κ1) is 19.0. The molecule has 0 unspecified atom stereocenters. The second-order valence-corrected chi connectivity index (χ2v) is 6.61. The Morgan fingerprint density at radius 3 is 2.89 bits per heavy atom. The number of ketones is 1. The molecule has 0 saturated heterocycles. The van der Waals surface area contributed by atoms with Crippen molar-refractivity contribution >= 4 is 23.4 Å². The lowest BCUT2D eigenvalue weighted by Crippen LogP contribution is -2.31. The number of hydrogen-bond donors (Lipinski definition) is 1. The third-order valence-electron chi connectivity index (χ3n) is 4.54. The van der Waals surface area contributed by atoms with Gasteiger partial charge < -0.3 is 19.9 Å². The van der Waals surface area contributed by atoms with Gasteiger partial charge in [-0.2, -0.15) is 0 Å². The number of rotatable bonds is 5. The van der Waals surface area contributed by atoms with Gasteiger partial charge in [0.15, 0.2) is 5.78 Å². The topological polar surface area (TPSA) is 87.8 Å². The highest BCUT2D eigenvalue weighted by Gasteiger charge is 2.41. The lowest BCUT2D eigenvalue weighted by molar-refractivity contribution is -0.136. The number of Topliss-reactive ketones (excluding diaryl/α,β-unsaturated/α-hetero) is 1. The molecule has 3 rings (SSSR count). The standard InChI is InChI=1S/C20H20ClNO5/c1-3-9-26-14-8-7-11(10-12(14)21)16-17-13(23)5-4-6-15(17)27-19(22)18(16)20(24)25-2/h3,7-8,10,16H,1,4-6,9,22H2,2H3/t16-/m1/s1. The quantitative estimate of drug-likeness (QED) is 0.613. The van der Waals surface area contributed by atoms with Gasteiger partial charge in [0.05, 0.1) is 18.1 Å². The molecular formula is C20H20ClNO5. The van der Waals surface area contributed by atoms with Crippen LogP contribution < -0.4 is 10.5 Å². The molecule has 1 aliphatic heterocycles. The predicted molar refractivity (Wildman–Crippen MR) is 100 cm³/mol. The van der Waals surface area contributed by atoms with Crippen LogP contribution in [0.5, 0.6) is 5.75 Å². The molecular weight excluding hydrogens is 370 g/mol. The van der Waals surface area contributed by atoms with Crippen LogP contribution in [-0.2, 0) is 19.1 Å². The summed E-state index contributed by atoms with van der Waals surface area (Å²) in [6.07, 6.45) is 3.27. The van der Waals surface area contributed by atoms with Crippen LogP contribution in [0.4, 0.5) is 0 Å². The van der Waals surface area contributed by atoms with E-state index in [1.165, 1.54) is 7.11 Å². The molecule has 6 nitrogen and oxygen atoms in total. The van der Waals surface area contributed by atoms with Gasteiger partial charge >= 0.3 is 5.97 Å². The first-order chi connectivity index (χ1) is 13.0.